The first-order valence-corrected chi connectivity index (χ1v) is 20.5. The summed E-state index contributed by atoms with van der Waals surface area (Å²) in [6.45, 7) is 1.67. The Morgan fingerprint density at radius 1 is 1.02 bits per heavy atom. The second-order valence-electron chi connectivity index (χ2n) is 15.7. The fourth-order valence-electron chi connectivity index (χ4n) is 7.99. The third-order valence-electron chi connectivity index (χ3n) is 11.4. The number of ketones is 1. The van der Waals surface area contributed by atoms with Crippen LogP contribution in [0.5, 0.6) is 0 Å². The van der Waals surface area contributed by atoms with Crippen molar-refractivity contribution < 1.29 is 41.5 Å². The zero-order valence-corrected chi connectivity index (χ0v) is 32.9. The topological polar surface area (TPSA) is 205 Å². The predicted octanol–water partition coefficient (Wildman–Crippen LogP) is 6.56. The third-order valence-corrected chi connectivity index (χ3v) is 11.4. The number of hydrogen-bond donors (Lipinski definition) is 3. The van der Waals surface area contributed by atoms with E-state index in [1.165, 1.54) is 34.6 Å². The van der Waals surface area contributed by atoms with Crippen molar-refractivity contribution >= 4 is 46.1 Å². The van der Waals surface area contributed by atoms with E-state index >= 15 is 0 Å². The molecule has 2 saturated carbocycles. The minimum atomic E-state index is -2.93. The van der Waals surface area contributed by atoms with Crippen LogP contribution in [-0.2, 0) is 25.5 Å². The van der Waals surface area contributed by atoms with E-state index in [1.54, 1.807) is 30.5 Å². The molecule has 3 amide bonds. The molecule has 5 heterocycles. The minimum absolute atomic E-state index is 0.0720. The molecule has 1 saturated heterocycles. The number of benzene rings is 1. The Morgan fingerprint density at radius 3 is 2.62 bits per heavy atom. The van der Waals surface area contributed by atoms with Gasteiger partial charge in [0.15, 0.2) is 17.0 Å². The van der Waals surface area contributed by atoms with Crippen LogP contribution in [0, 0.1) is 11.8 Å². The number of piperidine rings is 1. The van der Waals surface area contributed by atoms with Crippen molar-refractivity contribution in [1.82, 2.24) is 29.6 Å². The number of carbonyl (C=O) groups is 4. The summed E-state index contributed by atoms with van der Waals surface area (Å²) in [5.41, 5.74) is 1.61. The van der Waals surface area contributed by atoms with Crippen LogP contribution in [0.25, 0.3) is 22.6 Å². The predicted molar refractivity (Wildman–Crippen MR) is 212 cm³/mol. The number of para-hydroxylation sites is 1. The molecule has 3 aliphatic rings. The van der Waals surface area contributed by atoms with Crippen molar-refractivity contribution in [3.63, 3.8) is 0 Å². The number of ether oxygens (including phenoxy) is 1. The summed E-state index contributed by atoms with van der Waals surface area (Å²) in [5.74, 6) is -0.720. The van der Waals surface area contributed by atoms with Crippen LogP contribution in [0.2, 0.25) is 0 Å². The summed E-state index contributed by atoms with van der Waals surface area (Å²) in [6.07, 6.45) is 8.52. The molecule has 16 nitrogen and oxygen atoms in total. The van der Waals surface area contributed by atoms with Crippen molar-refractivity contribution in [1.29, 1.82) is 0 Å². The fraction of sp³-hybridized carbons (Fsp3) is 0.476. The van der Waals surface area contributed by atoms with E-state index in [9.17, 15) is 32.8 Å². The van der Waals surface area contributed by atoms with E-state index in [4.69, 9.17) is 13.6 Å². The van der Waals surface area contributed by atoms with Gasteiger partial charge in [0, 0.05) is 56.5 Å². The van der Waals surface area contributed by atoms with Crippen LogP contribution < -0.4 is 21.7 Å². The first-order valence-electron chi connectivity index (χ1n) is 20.5. The summed E-state index contributed by atoms with van der Waals surface area (Å²) in [6, 6.07) is 7.84. The number of nitrogens with zero attached hydrogens (tertiary/aromatic N) is 5. The lowest BCUT2D eigenvalue weighted by Crippen LogP contribution is -2.43. The number of oxazole rings is 2. The Bertz CT molecular complexity index is 2430. The highest BCUT2D eigenvalue weighted by atomic mass is 19.3. The van der Waals surface area contributed by atoms with E-state index < -0.39 is 35.7 Å². The zero-order chi connectivity index (χ0) is 41.8. The van der Waals surface area contributed by atoms with Crippen molar-refractivity contribution in [2.24, 2.45) is 11.8 Å². The first kappa shape index (κ1) is 40.7. The van der Waals surface area contributed by atoms with Crippen LogP contribution in [0.3, 0.4) is 0 Å². The minimum Gasteiger partial charge on any atom is -0.444 e. The summed E-state index contributed by atoms with van der Waals surface area (Å²) in [4.78, 5) is 71.5. The monoisotopic (exact) mass is 828 g/mol. The normalized spacial score (nSPS) is 19.5. The molecule has 18 heteroatoms. The molecule has 1 aliphatic heterocycles. The first-order chi connectivity index (χ1) is 29.1. The van der Waals surface area contributed by atoms with Gasteiger partial charge in [0.2, 0.25) is 17.7 Å². The van der Waals surface area contributed by atoms with Crippen LogP contribution >= 0.6 is 0 Å². The van der Waals surface area contributed by atoms with Crippen molar-refractivity contribution in [3.05, 3.63) is 76.5 Å². The van der Waals surface area contributed by atoms with Gasteiger partial charge in [0.05, 0.1) is 17.2 Å². The number of imide groups is 1. The van der Waals surface area contributed by atoms with Gasteiger partial charge in [-0.3, -0.25) is 33.7 Å². The van der Waals surface area contributed by atoms with Gasteiger partial charge in [-0.15, -0.1) is 0 Å². The maximum atomic E-state index is 14.1. The molecule has 0 bridgehead atoms. The molecular formula is C42H46F2N8O8. The van der Waals surface area contributed by atoms with Crippen LogP contribution in [0.1, 0.15) is 111 Å². The highest BCUT2D eigenvalue weighted by Gasteiger charge is 2.32. The van der Waals surface area contributed by atoms with Crippen LogP contribution in [-0.4, -0.2) is 67.6 Å². The van der Waals surface area contributed by atoms with Crippen molar-refractivity contribution in [2.45, 2.75) is 95.6 Å². The highest BCUT2D eigenvalue weighted by molar-refractivity contribution is 6.03. The molecule has 8 rings (SSSR count). The number of Topliss-reactive ketones (excluding diaryl/α,β-unsaturated/α-hetero) is 1. The number of alkyl halides is 2. The molecule has 5 aromatic rings. The molecule has 0 radical (unpaired) electrons. The lowest BCUT2D eigenvalue weighted by molar-refractivity contribution is -0.135. The molecule has 0 spiro atoms. The number of anilines is 2. The Morgan fingerprint density at radius 2 is 1.83 bits per heavy atom. The van der Waals surface area contributed by atoms with E-state index in [2.05, 4.69) is 31.0 Å². The summed E-state index contributed by atoms with van der Waals surface area (Å²) in [7, 11) is 0. The molecule has 3 fully saturated rings. The number of rotatable bonds is 18. The maximum Gasteiger partial charge on any atom is 0.420 e. The molecule has 4 aromatic heterocycles. The van der Waals surface area contributed by atoms with Crippen molar-refractivity contribution in [2.75, 3.05) is 30.4 Å². The summed E-state index contributed by atoms with van der Waals surface area (Å²) in [5, 5.41) is 12.2. The third kappa shape index (κ3) is 9.38. The number of pyridine rings is 1. The standard InChI is InChI=1S/C42H46F2N8O8/c43-38(44)36-29(47-39(55)30-23-59-41(48-30)27-16-17-45-34(20-27)46-21-24-8-9-24)22-51(50-36)28-12-10-25(11-13-28)33(53)7-3-19-58-18-2-5-26-4-1-6-31-37(26)60-42(57)52(31)32-14-15-35(54)49-40(32)56/h1,4,6,16-17,20,22-25,28,32,38H,2-3,5,7-15,18-19,21H2,(H,45,46)(H,47,55)(H,49,54,56). The number of hydrogen-bond acceptors (Lipinski definition) is 12. The van der Waals surface area contributed by atoms with Gasteiger partial charge in [-0.2, -0.15) is 5.10 Å². The molecule has 1 atom stereocenters. The molecule has 316 valence electrons. The van der Waals surface area contributed by atoms with Crippen LogP contribution in [0.15, 0.2) is 62.6 Å². The number of aryl methyl sites for hydroxylation is 1. The Balaban J connectivity index is 0.765. The second kappa shape index (κ2) is 18.1. The lowest BCUT2D eigenvalue weighted by Gasteiger charge is -2.28. The fourth-order valence-corrected chi connectivity index (χ4v) is 7.99. The number of nitrogens with one attached hydrogen (secondary N) is 3. The zero-order valence-electron chi connectivity index (χ0n) is 32.9. The molecule has 3 N–H and O–H groups in total. The Hall–Kier alpha value is -6.04. The average molecular weight is 829 g/mol. The van der Waals surface area contributed by atoms with Gasteiger partial charge >= 0.3 is 5.76 Å². The van der Waals surface area contributed by atoms with Gasteiger partial charge in [0.1, 0.15) is 23.9 Å². The molecule has 2 aliphatic carbocycles. The highest BCUT2D eigenvalue weighted by Crippen LogP contribution is 2.36. The lowest BCUT2D eigenvalue weighted by atomic mass is 9.82. The smallest absolute Gasteiger partial charge is 0.420 e. The van der Waals surface area contributed by atoms with E-state index in [0.29, 0.717) is 93.0 Å². The molecule has 1 aromatic carbocycles. The average Bonchev–Trinajstić information content (AvgIpc) is 3.59. The maximum absolute atomic E-state index is 14.1. The van der Waals surface area contributed by atoms with Crippen molar-refractivity contribution in [3.8, 4) is 11.5 Å². The molecule has 60 heavy (non-hydrogen) atoms. The van der Waals surface area contributed by atoms with Gasteiger partial charge < -0.3 is 24.2 Å². The number of amides is 3. The van der Waals surface area contributed by atoms with E-state index in [0.717, 1.165) is 12.1 Å². The summed E-state index contributed by atoms with van der Waals surface area (Å²) < 4.78 is 47.9. The second-order valence-corrected chi connectivity index (χ2v) is 15.7. The Labute approximate surface area is 342 Å². The number of aromatic nitrogens is 5. The van der Waals surface area contributed by atoms with Gasteiger partial charge in [-0.05, 0) is 93.9 Å². The Kier molecular flexibility index (Phi) is 12.3. The van der Waals surface area contributed by atoms with Crippen LogP contribution in [0.4, 0.5) is 20.3 Å². The molecule has 1 unspecified atom stereocenters. The van der Waals surface area contributed by atoms with E-state index in [-0.39, 0.29) is 53.8 Å². The van der Waals surface area contributed by atoms with Gasteiger partial charge in [0.25, 0.3) is 12.3 Å². The quantitative estimate of drug-likeness (QED) is 0.0635. The largest absolute Gasteiger partial charge is 0.444 e. The van der Waals surface area contributed by atoms with Gasteiger partial charge in [-0.25, -0.2) is 23.5 Å². The number of fused-ring (bicyclic) bond motifs is 1. The SMILES string of the molecule is O=C1CCC(n2c(=O)oc3c(CCCOCCCC(=O)C4CCC(n5cc(NC(=O)c6coc(-c7ccnc(NCC8CC8)c7)n6)c(C(F)F)n5)CC4)cccc32)C(=O)N1. The number of halogens is 2. The summed E-state index contributed by atoms with van der Waals surface area (Å²) >= 11 is 0. The van der Waals surface area contributed by atoms with Gasteiger partial charge in [-0.1, -0.05) is 12.1 Å². The van der Waals surface area contributed by atoms with E-state index in [1.807, 2.05) is 6.07 Å². The molecular weight excluding hydrogens is 783 g/mol. The number of carbonyl (C=O) groups excluding carboxylic acids is 4.